The number of anilines is 2. The Morgan fingerprint density at radius 1 is 0.947 bits per heavy atom. The van der Waals surface area contributed by atoms with Gasteiger partial charge in [-0.25, -0.2) is 13.6 Å². The smallest absolute Gasteiger partial charge is 0.328 e. The standard InChI is InChI=1S/C28H24F2N2O6/c1-37-22-8-5-9-23(38-2)25(22)26(35)31-18-12-10-17(11-13-18)27(36)32-15-14-28(29,30)20(16-24(33)34)19-6-3-4-7-21(19)32/h3-13,16H,14-15H2,1-2H3,(H,31,35)(H,33,34). The molecule has 0 aliphatic carbocycles. The number of ether oxygens (including phenoxy) is 2. The van der Waals surface area contributed by atoms with E-state index in [4.69, 9.17) is 14.6 Å². The summed E-state index contributed by atoms with van der Waals surface area (Å²) in [6.07, 6.45) is -0.261. The van der Waals surface area contributed by atoms with Crippen LogP contribution >= 0.6 is 0 Å². The highest BCUT2D eigenvalue weighted by Gasteiger charge is 2.41. The van der Waals surface area contributed by atoms with E-state index in [0.29, 0.717) is 23.3 Å². The van der Waals surface area contributed by atoms with Gasteiger partial charge < -0.3 is 24.8 Å². The predicted molar refractivity (Wildman–Crippen MR) is 137 cm³/mol. The second-order valence-corrected chi connectivity index (χ2v) is 8.39. The van der Waals surface area contributed by atoms with Gasteiger partial charge in [-0.3, -0.25) is 9.59 Å². The largest absolute Gasteiger partial charge is 0.496 e. The number of alkyl halides is 2. The van der Waals surface area contributed by atoms with Crippen LogP contribution < -0.4 is 19.7 Å². The Morgan fingerprint density at radius 3 is 2.18 bits per heavy atom. The molecule has 0 bridgehead atoms. The quantitative estimate of drug-likeness (QED) is 0.436. The van der Waals surface area contributed by atoms with Gasteiger partial charge in [0, 0.05) is 41.4 Å². The molecule has 3 aromatic carbocycles. The first-order valence-corrected chi connectivity index (χ1v) is 11.5. The normalized spacial score (nSPS) is 15.3. The number of para-hydroxylation sites is 1. The number of aliphatic carboxylic acids is 1. The van der Waals surface area contributed by atoms with Crippen LogP contribution in [0.4, 0.5) is 20.2 Å². The van der Waals surface area contributed by atoms with Crippen molar-refractivity contribution in [2.45, 2.75) is 12.3 Å². The molecule has 0 aromatic heterocycles. The lowest BCUT2D eigenvalue weighted by Gasteiger charge is -2.23. The maximum absolute atomic E-state index is 14.9. The van der Waals surface area contributed by atoms with Crippen molar-refractivity contribution >= 4 is 34.7 Å². The number of amides is 2. The highest BCUT2D eigenvalue weighted by molar-refractivity contribution is 6.10. The molecular weight excluding hydrogens is 498 g/mol. The van der Waals surface area contributed by atoms with E-state index in [1.54, 1.807) is 24.3 Å². The Bertz CT molecular complexity index is 1400. The molecule has 4 rings (SSSR count). The van der Waals surface area contributed by atoms with Crippen LogP contribution in [-0.4, -0.2) is 49.6 Å². The van der Waals surface area contributed by atoms with Gasteiger partial charge >= 0.3 is 5.97 Å². The molecule has 3 aromatic rings. The summed E-state index contributed by atoms with van der Waals surface area (Å²) in [5, 5.41) is 11.9. The molecule has 0 atom stereocenters. The molecule has 0 saturated heterocycles. The fraction of sp³-hybridized carbons (Fsp3) is 0.179. The van der Waals surface area contributed by atoms with Crippen molar-refractivity contribution in [1.29, 1.82) is 0 Å². The molecule has 1 aliphatic rings. The van der Waals surface area contributed by atoms with Crippen LogP contribution in [0.2, 0.25) is 0 Å². The number of nitrogens with one attached hydrogen (secondary N) is 1. The van der Waals surface area contributed by atoms with E-state index in [-0.39, 0.29) is 28.9 Å². The molecule has 0 fully saturated rings. The second-order valence-electron chi connectivity index (χ2n) is 8.39. The summed E-state index contributed by atoms with van der Waals surface area (Å²) in [6, 6.07) is 16.9. The highest BCUT2D eigenvalue weighted by atomic mass is 19.3. The van der Waals surface area contributed by atoms with Gasteiger partial charge in [-0.15, -0.1) is 0 Å². The lowest BCUT2D eigenvalue weighted by atomic mass is 9.97. The number of carbonyl (C=O) groups is 3. The minimum atomic E-state index is -3.45. The number of rotatable bonds is 6. The number of fused-ring (bicyclic) bond motifs is 1. The Hall–Kier alpha value is -4.73. The Labute approximate surface area is 217 Å². The van der Waals surface area contributed by atoms with Gasteiger partial charge in [0.25, 0.3) is 17.7 Å². The summed E-state index contributed by atoms with van der Waals surface area (Å²) in [4.78, 5) is 38.8. The Balaban J connectivity index is 1.61. The number of benzene rings is 3. The SMILES string of the molecule is COc1cccc(OC)c1C(=O)Nc1ccc(C(=O)N2CCC(F)(F)C(=CC(=O)O)c3ccccc32)cc1. The van der Waals surface area contributed by atoms with Crippen LogP contribution in [0.1, 0.15) is 32.7 Å². The van der Waals surface area contributed by atoms with E-state index in [0.717, 1.165) is 0 Å². The molecule has 0 saturated carbocycles. The van der Waals surface area contributed by atoms with Crippen LogP contribution in [0.25, 0.3) is 5.57 Å². The number of carboxylic acids is 1. The molecule has 38 heavy (non-hydrogen) atoms. The first-order chi connectivity index (χ1) is 18.2. The van der Waals surface area contributed by atoms with Crippen LogP contribution in [-0.2, 0) is 4.79 Å². The highest BCUT2D eigenvalue weighted by Crippen LogP contribution is 2.43. The molecular formula is C28H24F2N2O6. The lowest BCUT2D eigenvalue weighted by molar-refractivity contribution is -0.131. The van der Waals surface area contributed by atoms with Crippen molar-refractivity contribution in [2.75, 3.05) is 31.0 Å². The van der Waals surface area contributed by atoms with Crippen LogP contribution in [0.15, 0.2) is 72.8 Å². The topological polar surface area (TPSA) is 105 Å². The number of methoxy groups -OCH3 is 2. The molecule has 0 spiro atoms. The molecule has 2 N–H and O–H groups in total. The second kappa shape index (κ2) is 10.7. The maximum Gasteiger partial charge on any atom is 0.328 e. The van der Waals surface area contributed by atoms with Crippen molar-refractivity contribution < 1.29 is 37.7 Å². The number of hydrogen-bond acceptors (Lipinski definition) is 5. The number of hydrogen-bond donors (Lipinski definition) is 2. The molecule has 8 nitrogen and oxygen atoms in total. The summed E-state index contributed by atoms with van der Waals surface area (Å²) in [5.74, 6) is -5.34. The van der Waals surface area contributed by atoms with Crippen LogP contribution in [0, 0.1) is 0 Å². The van der Waals surface area contributed by atoms with Crippen LogP contribution in [0.3, 0.4) is 0 Å². The fourth-order valence-corrected chi connectivity index (χ4v) is 4.28. The van der Waals surface area contributed by atoms with E-state index in [9.17, 15) is 23.2 Å². The Morgan fingerprint density at radius 2 is 1.58 bits per heavy atom. The van der Waals surface area contributed by atoms with E-state index in [1.807, 2.05) is 0 Å². The van der Waals surface area contributed by atoms with E-state index >= 15 is 0 Å². The predicted octanol–water partition coefficient (Wildman–Crippen LogP) is 5.11. The monoisotopic (exact) mass is 522 g/mol. The molecule has 10 heteroatoms. The Kier molecular flexibility index (Phi) is 7.43. The number of carbonyl (C=O) groups excluding carboxylic acids is 2. The van der Waals surface area contributed by atoms with Gasteiger partial charge in [-0.1, -0.05) is 24.3 Å². The van der Waals surface area contributed by atoms with E-state index in [1.165, 1.54) is 61.6 Å². The average Bonchev–Trinajstić information content (AvgIpc) is 3.01. The molecule has 0 radical (unpaired) electrons. The van der Waals surface area contributed by atoms with Crippen LogP contribution in [0.5, 0.6) is 11.5 Å². The third kappa shape index (κ3) is 5.19. The van der Waals surface area contributed by atoms with Gasteiger partial charge in [0.15, 0.2) is 0 Å². The minimum Gasteiger partial charge on any atom is -0.496 e. The minimum absolute atomic E-state index is 0.0274. The zero-order valence-corrected chi connectivity index (χ0v) is 20.5. The van der Waals surface area contributed by atoms with Gasteiger partial charge in [0.2, 0.25) is 0 Å². The molecule has 196 valence electrons. The molecule has 1 heterocycles. The van der Waals surface area contributed by atoms with Crippen molar-refractivity contribution in [2.24, 2.45) is 0 Å². The van der Waals surface area contributed by atoms with Gasteiger partial charge in [0.05, 0.1) is 19.9 Å². The van der Waals surface area contributed by atoms with E-state index in [2.05, 4.69) is 5.32 Å². The first kappa shape index (κ1) is 26.3. The maximum atomic E-state index is 14.9. The number of carboxylic acid groups (broad SMARTS) is 1. The number of allylic oxidation sites excluding steroid dienone is 1. The summed E-state index contributed by atoms with van der Waals surface area (Å²) in [6.45, 7) is -0.327. The van der Waals surface area contributed by atoms with Crippen molar-refractivity contribution in [3.8, 4) is 11.5 Å². The third-order valence-corrected chi connectivity index (χ3v) is 6.09. The average molecular weight is 523 g/mol. The van der Waals surface area contributed by atoms with Crippen molar-refractivity contribution in [3.05, 3.63) is 89.5 Å². The summed E-state index contributed by atoms with van der Waals surface area (Å²) < 4.78 is 40.3. The molecule has 2 amide bonds. The van der Waals surface area contributed by atoms with E-state index < -0.39 is 35.7 Å². The number of halogens is 2. The zero-order chi connectivity index (χ0) is 27.4. The summed E-state index contributed by atoms with van der Waals surface area (Å²) in [5.41, 5.74) is 0.282. The van der Waals surface area contributed by atoms with Crippen molar-refractivity contribution in [3.63, 3.8) is 0 Å². The third-order valence-electron chi connectivity index (χ3n) is 6.09. The lowest BCUT2D eigenvalue weighted by Crippen LogP contribution is -2.33. The number of nitrogens with zero attached hydrogens (tertiary/aromatic N) is 1. The molecule has 0 unspecified atom stereocenters. The summed E-state index contributed by atoms with van der Waals surface area (Å²) in [7, 11) is 2.87. The summed E-state index contributed by atoms with van der Waals surface area (Å²) >= 11 is 0. The zero-order valence-electron chi connectivity index (χ0n) is 20.5. The van der Waals surface area contributed by atoms with Gasteiger partial charge in [0.1, 0.15) is 17.1 Å². The molecule has 1 aliphatic heterocycles. The van der Waals surface area contributed by atoms with Crippen molar-refractivity contribution in [1.82, 2.24) is 0 Å². The first-order valence-electron chi connectivity index (χ1n) is 11.5. The fourth-order valence-electron chi connectivity index (χ4n) is 4.28. The van der Waals surface area contributed by atoms with Gasteiger partial charge in [-0.2, -0.15) is 0 Å². The van der Waals surface area contributed by atoms with Gasteiger partial charge in [-0.05, 0) is 42.5 Å².